The Bertz CT molecular complexity index is 268. The number of aliphatic imine (C=N–C) groups is 1. The van der Waals surface area contributed by atoms with Crippen molar-refractivity contribution in [1.82, 2.24) is 0 Å². The van der Waals surface area contributed by atoms with Gasteiger partial charge in [-0.1, -0.05) is 0 Å². The molecular formula is C9H13NO3. The Morgan fingerprint density at radius 2 is 2.31 bits per heavy atom. The summed E-state index contributed by atoms with van der Waals surface area (Å²) < 4.78 is 0. The topological polar surface area (TPSA) is 69.9 Å². The monoisotopic (exact) mass is 183 g/mol. The van der Waals surface area contributed by atoms with Crippen LogP contribution in [0, 0.1) is 5.92 Å². The molecule has 0 spiro atoms. The van der Waals surface area contributed by atoms with Crippen molar-refractivity contribution >= 4 is 12.0 Å². The van der Waals surface area contributed by atoms with E-state index in [-0.39, 0.29) is 24.1 Å². The van der Waals surface area contributed by atoms with Gasteiger partial charge in [-0.15, -0.1) is 0 Å². The summed E-state index contributed by atoms with van der Waals surface area (Å²) in [6, 6.07) is 0. The van der Waals surface area contributed by atoms with E-state index in [1.54, 1.807) is 6.92 Å². The number of aliphatic hydroxyl groups excluding tert-OH is 2. The number of allylic oxidation sites excluding steroid dienone is 2. The molecule has 2 N–H and O–H groups in total. The highest BCUT2D eigenvalue weighted by Gasteiger charge is 2.24. The van der Waals surface area contributed by atoms with Crippen molar-refractivity contribution < 1.29 is 15.0 Å². The minimum Gasteiger partial charge on any atom is -0.503 e. The van der Waals surface area contributed by atoms with E-state index in [0.29, 0.717) is 18.5 Å². The Morgan fingerprint density at radius 3 is 2.92 bits per heavy atom. The van der Waals surface area contributed by atoms with Crippen LogP contribution in [0.3, 0.4) is 0 Å². The highest BCUT2D eigenvalue weighted by molar-refractivity contribution is 6.06. The zero-order valence-electron chi connectivity index (χ0n) is 7.53. The fourth-order valence-electron chi connectivity index (χ4n) is 1.20. The predicted molar refractivity (Wildman–Crippen MR) is 48.6 cm³/mol. The van der Waals surface area contributed by atoms with Crippen LogP contribution in [-0.4, -0.2) is 28.8 Å². The molecule has 4 nitrogen and oxygen atoms in total. The molecular weight excluding hydrogens is 170 g/mol. The van der Waals surface area contributed by atoms with Crippen molar-refractivity contribution in [3.05, 3.63) is 11.5 Å². The van der Waals surface area contributed by atoms with E-state index in [1.165, 1.54) is 6.21 Å². The molecule has 0 saturated heterocycles. The van der Waals surface area contributed by atoms with Crippen molar-refractivity contribution in [2.75, 3.05) is 6.61 Å². The van der Waals surface area contributed by atoms with E-state index >= 15 is 0 Å². The van der Waals surface area contributed by atoms with E-state index < -0.39 is 0 Å². The molecule has 72 valence electrons. The minimum absolute atomic E-state index is 0.0566. The number of carbonyl (C=O) groups excluding carboxylic acids is 1. The van der Waals surface area contributed by atoms with E-state index in [0.717, 1.165) is 0 Å². The smallest absolute Gasteiger partial charge is 0.207 e. The van der Waals surface area contributed by atoms with Gasteiger partial charge in [0.15, 0.2) is 5.76 Å². The van der Waals surface area contributed by atoms with Crippen molar-refractivity contribution in [3.8, 4) is 0 Å². The Morgan fingerprint density at radius 1 is 1.62 bits per heavy atom. The molecule has 0 aromatic carbocycles. The molecule has 1 aliphatic rings. The molecule has 0 amide bonds. The van der Waals surface area contributed by atoms with Gasteiger partial charge in [0.25, 0.3) is 0 Å². The van der Waals surface area contributed by atoms with Gasteiger partial charge in [-0.05, 0) is 19.8 Å². The Labute approximate surface area is 76.6 Å². The van der Waals surface area contributed by atoms with Gasteiger partial charge in [-0.25, -0.2) is 0 Å². The second-order valence-corrected chi connectivity index (χ2v) is 3.05. The third-order valence-electron chi connectivity index (χ3n) is 2.03. The number of aliphatic hydroxyl groups is 2. The third-order valence-corrected chi connectivity index (χ3v) is 2.03. The van der Waals surface area contributed by atoms with E-state index in [9.17, 15) is 9.90 Å². The number of hydrogen-bond acceptors (Lipinski definition) is 4. The summed E-state index contributed by atoms with van der Waals surface area (Å²) in [6.07, 6.45) is 2.62. The molecule has 0 fully saturated rings. The van der Waals surface area contributed by atoms with Crippen LogP contribution in [0.4, 0.5) is 0 Å². The number of carbonyl (C=O) groups is 1. The van der Waals surface area contributed by atoms with Gasteiger partial charge < -0.3 is 10.2 Å². The standard InChI is InChI=1S/C9H13NO3/c1-6-8(12)9(13)7(5-10-6)3-2-4-11/h5,7,11-12H,2-4H2,1H3. The first-order valence-corrected chi connectivity index (χ1v) is 4.26. The fraction of sp³-hybridized carbons (Fsp3) is 0.556. The molecule has 0 radical (unpaired) electrons. The normalized spacial score (nSPS) is 22.6. The molecule has 1 rings (SSSR count). The highest BCUT2D eigenvalue weighted by atomic mass is 16.3. The zero-order valence-corrected chi connectivity index (χ0v) is 7.53. The SMILES string of the molecule is CC1=C(O)C(=O)C(CCCO)C=N1. The lowest BCUT2D eigenvalue weighted by Gasteiger charge is -2.14. The van der Waals surface area contributed by atoms with Gasteiger partial charge in [0.05, 0.1) is 11.6 Å². The average Bonchev–Trinajstić information content (AvgIpc) is 2.13. The molecule has 13 heavy (non-hydrogen) atoms. The van der Waals surface area contributed by atoms with Crippen LogP contribution in [0.2, 0.25) is 0 Å². The second kappa shape index (κ2) is 4.18. The first-order valence-electron chi connectivity index (χ1n) is 4.26. The average molecular weight is 183 g/mol. The van der Waals surface area contributed by atoms with Crippen molar-refractivity contribution in [3.63, 3.8) is 0 Å². The minimum atomic E-state index is -0.365. The van der Waals surface area contributed by atoms with Gasteiger partial charge in [-0.3, -0.25) is 9.79 Å². The molecule has 0 aromatic rings. The molecule has 4 heteroatoms. The van der Waals surface area contributed by atoms with E-state index in [2.05, 4.69) is 4.99 Å². The number of rotatable bonds is 3. The number of ketones is 1. The fourth-order valence-corrected chi connectivity index (χ4v) is 1.20. The van der Waals surface area contributed by atoms with E-state index in [4.69, 9.17) is 5.11 Å². The molecule has 1 unspecified atom stereocenters. The summed E-state index contributed by atoms with van der Waals surface area (Å²) in [7, 11) is 0. The summed E-state index contributed by atoms with van der Waals surface area (Å²) in [5, 5.41) is 17.8. The van der Waals surface area contributed by atoms with Gasteiger partial charge in [-0.2, -0.15) is 0 Å². The van der Waals surface area contributed by atoms with Crippen LogP contribution >= 0.6 is 0 Å². The molecule has 1 aliphatic heterocycles. The molecule has 1 heterocycles. The van der Waals surface area contributed by atoms with Crippen molar-refractivity contribution in [2.45, 2.75) is 19.8 Å². The van der Waals surface area contributed by atoms with Crippen molar-refractivity contribution in [2.24, 2.45) is 10.9 Å². The van der Waals surface area contributed by atoms with Crippen LogP contribution in [-0.2, 0) is 4.79 Å². The van der Waals surface area contributed by atoms with Crippen LogP contribution < -0.4 is 0 Å². The first kappa shape index (κ1) is 9.92. The first-order chi connectivity index (χ1) is 6.16. The van der Waals surface area contributed by atoms with E-state index in [1.807, 2.05) is 0 Å². The molecule has 0 aromatic heterocycles. The van der Waals surface area contributed by atoms with Gasteiger partial charge in [0.2, 0.25) is 5.78 Å². The lowest BCUT2D eigenvalue weighted by Crippen LogP contribution is -2.22. The maximum absolute atomic E-state index is 11.4. The molecule has 1 atom stereocenters. The van der Waals surface area contributed by atoms with Crippen LogP contribution in [0.15, 0.2) is 16.4 Å². The highest BCUT2D eigenvalue weighted by Crippen LogP contribution is 2.18. The summed E-state index contributed by atoms with van der Waals surface area (Å²) in [6.45, 7) is 1.65. The van der Waals surface area contributed by atoms with Crippen molar-refractivity contribution in [1.29, 1.82) is 0 Å². The second-order valence-electron chi connectivity index (χ2n) is 3.05. The quantitative estimate of drug-likeness (QED) is 0.680. The summed E-state index contributed by atoms with van der Waals surface area (Å²) in [4.78, 5) is 15.3. The third kappa shape index (κ3) is 2.15. The largest absolute Gasteiger partial charge is 0.503 e. The van der Waals surface area contributed by atoms with Gasteiger partial charge in [0, 0.05) is 12.8 Å². The summed E-state index contributed by atoms with van der Waals surface area (Å²) >= 11 is 0. The Hall–Kier alpha value is -1.16. The maximum Gasteiger partial charge on any atom is 0.207 e. The maximum atomic E-state index is 11.4. The van der Waals surface area contributed by atoms with Gasteiger partial charge in [0.1, 0.15) is 0 Å². The lowest BCUT2D eigenvalue weighted by molar-refractivity contribution is -0.120. The Kier molecular flexibility index (Phi) is 3.19. The lowest BCUT2D eigenvalue weighted by atomic mass is 9.96. The number of hydrogen-bond donors (Lipinski definition) is 2. The number of Topliss-reactive ketones (excluding diaryl/α,β-unsaturated/α-hetero) is 1. The Balaban J connectivity index is 2.64. The van der Waals surface area contributed by atoms with Gasteiger partial charge >= 0.3 is 0 Å². The molecule has 0 bridgehead atoms. The van der Waals surface area contributed by atoms with Crippen LogP contribution in [0.25, 0.3) is 0 Å². The number of nitrogens with zero attached hydrogens (tertiary/aromatic N) is 1. The summed E-state index contributed by atoms with van der Waals surface area (Å²) in [5.74, 6) is -0.901. The molecule has 0 aliphatic carbocycles. The van der Waals surface area contributed by atoms with Crippen LogP contribution in [0.5, 0.6) is 0 Å². The summed E-state index contributed by atoms with van der Waals surface area (Å²) in [5.41, 5.74) is 0.366. The molecule has 0 saturated carbocycles. The van der Waals surface area contributed by atoms with Crippen LogP contribution in [0.1, 0.15) is 19.8 Å². The zero-order chi connectivity index (χ0) is 9.84. The predicted octanol–water partition coefficient (Wildman–Crippen LogP) is 0.818.